The summed E-state index contributed by atoms with van der Waals surface area (Å²) < 4.78 is 13.0. The van der Waals surface area contributed by atoms with Crippen LogP contribution in [0.25, 0.3) is 4.96 Å². The van der Waals surface area contributed by atoms with E-state index in [1.165, 1.54) is 27.4 Å². The van der Waals surface area contributed by atoms with Gasteiger partial charge in [-0.25, -0.2) is 4.98 Å². The summed E-state index contributed by atoms with van der Waals surface area (Å²) in [5.74, 6) is 0.837. The highest BCUT2D eigenvalue weighted by Crippen LogP contribution is 2.26. The van der Waals surface area contributed by atoms with Crippen molar-refractivity contribution in [2.75, 3.05) is 11.9 Å². The fourth-order valence-corrected chi connectivity index (χ4v) is 3.86. The predicted molar refractivity (Wildman–Crippen MR) is 125 cm³/mol. The number of nitrogens with zero attached hydrogens (tertiary/aromatic N) is 2. The number of ether oxygens (including phenoxy) is 2. The minimum atomic E-state index is -0.296. The Bertz CT molecular complexity index is 1340. The van der Waals surface area contributed by atoms with Crippen LogP contribution in [0, 0.1) is 20.8 Å². The molecule has 2 aromatic carbocycles. The summed E-state index contributed by atoms with van der Waals surface area (Å²) in [4.78, 5) is 29.7. The van der Waals surface area contributed by atoms with Gasteiger partial charge in [0, 0.05) is 17.6 Å². The molecular formula is C24H23N3O4S. The highest BCUT2D eigenvalue weighted by molar-refractivity contribution is 7.15. The Morgan fingerprint density at radius 1 is 1.06 bits per heavy atom. The molecule has 0 spiro atoms. The molecule has 0 atom stereocenters. The second-order valence-corrected chi connectivity index (χ2v) is 8.39. The lowest BCUT2D eigenvalue weighted by atomic mass is 10.1. The number of fused-ring (bicyclic) bond motifs is 1. The highest BCUT2D eigenvalue weighted by atomic mass is 32.1. The summed E-state index contributed by atoms with van der Waals surface area (Å²) in [6, 6.07) is 12.7. The van der Waals surface area contributed by atoms with Crippen molar-refractivity contribution < 1.29 is 14.3 Å². The van der Waals surface area contributed by atoms with Crippen LogP contribution in [0.3, 0.4) is 0 Å². The second kappa shape index (κ2) is 9.23. The standard InChI is InChI=1S/C24H23N3O4S/c1-15-4-7-21(31-13-18-12-23(29)27-8-9-32-24(27)25-18)20(10-15)26-22(28)14-30-19-6-5-16(2)17(3)11-19/h4-12H,13-14H2,1-3H3,(H,26,28). The Balaban J connectivity index is 1.43. The van der Waals surface area contributed by atoms with E-state index in [1.807, 2.05) is 56.5 Å². The largest absolute Gasteiger partial charge is 0.485 e. The second-order valence-electron chi connectivity index (χ2n) is 7.51. The number of aromatic nitrogens is 2. The number of hydrogen-bond donors (Lipinski definition) is 1. The van der Waals surface area contributed by atoms with Gasteiger partial charge in [-0.15, -0.1) is 11.3 Å². The zero-order valence-electron chi connectivity index (χ0n) is 18.0. The number of carbonyl (C=O) groups excluding carboxylic acids is 1. The molecule has 0 saturated carbocycles. The van der Waals surface area contributed by atoms with E-state index in [9.17, 15) is 9.59 Å². The van der Waals surface area contributed by atoms with E-state index >= 15 is 0 Å². The molecule has 1 N–H and O–H groups in total. The summed E-state index contributed by atoms with van der Waals surface area (Å²) >= 11 is 1.38. The maximum atomic E-state index is 12.5. The van der Waals surface area contributed by atoms with Crippen LogP contribution in [0.2, 0.25) is 0 Å². The Kier molecular flexibility index (Phi) is 6.23. The summed E-state index contributed by atoms with van der Waals surface area (Å²) in [5.41, 5.74) is 4.14. The lowest BCUT2D eigenvalue weighted by Gasteiger charge is -2.14. The molecule has 8 heteroatoms. The molecule has 4 aromatic rings. The van der Waals surface area contributed by atoms with Gasteiger partial charge in [-0.05, 0) is 61.7 Å². The number of thiazole rings is 1. The first-order valence-corrected chi connectivity index (χ1v) is 11.0. The van der Waals surface area contributed by atoms with Crippen molar-refractivity contribution >= 4 is 27.9 Å². The molecule has 1 amide bonds. The molecule has 0 aliphatic heterocycles. The zero-order chi connectivity index (χ0) is 22.7. The topological polar surface area (TPSA) is 81.9 Å². The number of rotatable bonds is 7. The number of hydrogen-bond acceptors (Lipinski definition) is 6. The van der Waals surface area contributed by atoms with Crippen molar-refractivity contribution in [1.82, 2.24) is 9.38 Å². The number of benzene rings is 2. The van der Waals surface area contributed by atoms with Gasteiger partial charge in [0.05, 0.1) is 11.4 Å². The lowest BCUT2D eigenvalue weighted by Crippen LogP contribution is -2.21. The van der Waals surface area contributed by atoms with E-state index in [4.69, 9.17) is 9.47 Å². The maximum Gasteiger partial charge on any atom is 0.262 e. The van der Waals surface area contributed by atoms with Crippen LogP contribution in [-0.2, 0) is 11.4 Å². The maximum absolute atomic E-state index is 12.5. The third kappa shape index (κ3) is 4.97. The monoisotopic (exact) mass is 449 g/mol. The van der Waals surface area contributed by atoms with Crippen LogP contribution < -0.4 is 20.3 Å². The molecular weight excluding hydrogens is 426 g/mol. The van der Waals surface area contributed by atoms with Gasteiger partial charge in [-0.1, -0.05) is 12.1 Å². The molecule has 164 valence electrons. The number of aryl methyl sites for hydroxylation is 3. The fourth-order valence-electron chi connectivity index (χ4n) is 3.12. The van der Waals surface area contributed by atoms with Crippen LogP contribution in [-0.4, -0.2) is 21.9 Å². The van der Waals surface area contributed by atoms with Gasteiger partial charge in [0.25, 0.3) is 11.5 Å². The van der Waals surface area contributed by atoms with E-state index < -0.39 is 0 Å². The van der Waals surface area contributed by atoms with Crippen LogP contribution >= 0.6 is 11.3 Å². The molecule has 0 unspecified atom stereocenters. The molecule has 0 fully saturated rings. The molecule has 32 heavy (non-hydrogen) atoms. The Hall–Kier alpha value is -3.65. The smallest absolute Gasteiger partial charge is 0.262 e. The molecule has 2 aromatic heterocycles. The SMILES string of the molecule is Cc1ccc(OCc2cc(=O)n3ccsc3n2)c(NC(=O)COc2ccc(C)c(C)c2)c1. The average Bonchev–Trinajstić information content (AvgIpc) is 3.23. The lowest BCUT2D eigenvalue weighted by molar-refractivity contribution is -0.118. The van der Waals surface area contributed by atoms with Crippen molar-refractivity contribution in [3.05, 3.63) is 86.8 Å². The van der Waals surface area contributed by atoms with Crippen molar-refractivity contribution in [3.8, 4) is 11.5 Å². The van der Waals surface area contributed by atoms with Crippen molar-refractivity contribution in [2.45, 2.75) is 27.4 Å². The summed E-state index contributed by atoms with van der Waals surface area (Å²) in [5, 5.41) is 4.66. The first kappa shape index (κ1) is 21.6. The number of nitrogens with one attached hydrogen (secondary N) is 1. The Morgan fingerprint density at radius 2 is 1.91 bits per heavy atom. The third-order valence-corrected chi connectivity index (χ3v) is 5.75. The molecule has 0 aliphatic carbocycles. The number of anilines is 1. The molecule has 7 nitrogen and oxygen atoms in total. The van der Waals surface area contributed by atoms with E-state index in [-0.39, 0.29) is 24.7 Å². The molecule has 0 radical (unpaired) electrons. The Morgan fingerprint density at radius 3 is 2.72 bits per heavy atom. The number of amides is 1. The van der Waals surface area contributed by atoms with Crippen molar-refractivity contribution in [3.63, 3.8) is 0 Å². The minimum absolute atomic E-state index is 0.106. The quantitative estimate of drug-likeness (QED) is 0.455. The van der Waals surface area contributed by atoms with Crippen LogP contribution in [0.15, 0.2) is 58.8 Å². The molecule has 0 saturated heterocycles. The van der Waals surface area contributed by atoms with Crippen molar-refractivity contribution in [1.29, 1.82) is 0 Å². The first-order valence-electron chi connectivity index (χ1n) is 10.1. The van der Waals surface area contributed by atoms with Gasteiger partial charge in [0.2, 0.25) is 0 Å². The van der Waals surface area contributed by atoms with E-state index in [1.54, 1.807) is 12.3 Å². The van der Waals surface area contributed by atoms with Gasteiger partial charge in [-0.3, -0.25) is 14.0 Å². The summed E-state index contributed by atoms with van der Waals surface area (Å²) in [6.07, 6.45) is 1.69. The van der Waals surface area contributed by atoms with Crippen LogP contribution in [0.5, 0.6) is 11.5 Å². The van der Waals surface area contributed by atoms with Gasteiger partial charge >= 0.3 is 0 Å². The van der Waals surface area contributed by atoms with Gasteiger partial charge in [0.1, 0.15) is 18.1 Å². The molecule has 4 rings (SSSR count). The van der Waals surface area contributed by atoms with Gasteiger partial charge < -0.3 is 14.8 Å². The fraction of sp³-hybridized carbons (Fsp3) is 0.208. The van der Waals surface area contributed by atoms with Crippen LogP contribution in [0.4, 0.5) is 5.69 Å². The third-order valence-electron chi connectivity index (χ3n) is 4.99. The Labute approximate surface area is 189 Å². The minimum Gasteiger partial charge on any atom is -0.485 e. The van der Waals surface area contributed by atoms with Gasteiger partial charge in [0.15, 0.2) is 11.6 Å². The van der Waals surface area contributed by atoms with Crippen molar-refractivity contribution in [2.24, 2.45) is 0 Å². The summed E-state index contributed by atoms with van der Waals surface area (Å²) in [7, 11) is 0. The zero-order valence-corrected chi connectivity index (χ0v) is 18.9. The normalized spacial score (nSPS) is 10.8. The highest BCUT2D eigenvalue weighted by Gasteiger charge is 2.11. The van der Waals surface area contributed by atoms with E-state index in [2.05, 4.69) is 10.3 Å². The van der Waals surface area contributed by atoms with Gasteiger partial charge in [-0.2, -0.15) is 0 Å². The van der Waals surface area contributed by atoms with E-state index in [0.717, 1.165) is 11.1 Å². The van der Waals surface area contributed by atoms with E-state index in [0.29, 0.717) is 27.8 Å². The number of carbonyl (C=O) groups is 1. The first-order chi connectivity index (χ1) is 15.4. The summed E-state index contributed by atoms with van der Waals surface area (Å²) in [6.45, 7) is 5.93. The predicted octanol–water partition coefficient (Wildman–Crippen LogP) is 4.28. The van der Waals surface area contributed by atoms with Crippen LogP contribution in [0.1, 0.15) is 22.4 Å². The molecule has 0 bridgehead atoms. The molecule has 2 heterocycles. The molecule has 0 aliphatic rings. The average molecular weight is 450 g/mol.